The van der Waals surface area contributed by atoms with Crippen LogP contribution in [0.5, 0.6) is 0 Å². The molecule has 1 N–H and O–H groups in total. The molecule has 8 nitrogen and oxygen atoms in total. The second-order valence-corrected chi connectivity index (χ2v) is 9.79. The van der Waals surface area contributed by atoms with Crippen LogP contribution in [0.15, 0.2) is 59.5 Å². The minimum Gasteiger partial charge on any atom is -0.452 e. The molecule has 3 rings (SSSR count). The minimum absolute atomic E-state index is 0.139. The number of nitrogens with zero attached hydrogens (tertiary/aromatic N) is 1. The molecule has 2 aromatic carbocycles. The van der Waals surface area contributed by atoms with Crippen molar-refractivity contribution in [3.63, 3.8) is 0 Å². The average Bonchev–Trinajstić information content (AvgIpc) is 2.82. The third-order valence-corrected chi connectivity index (χ3v) is 7.02. The second-order valence-electron chi connectivity index (χ2n) is 7.85. The second kappa shape index (κ2) is 11.2. The van der Waals surface area contributed by atoms with E-state index in [4.69, 9.17) is 9.47 Å². The van der Waals surface area contributed by atoms with Crippen molar-refractivity contribution >= 4 is 33.7 Å². The number of rotatable bonds is 8. The number of hydrogen-bond acceptors (Lipinski definition) is 6. The Labute approximate surface area is 194 Å². The number of anilines is 1. The summed E-state index contributed by atoms with van der Waals surface area (Å²) in [5.74, 6) is -0.733. The van der Waals surface area contributed by atoms with Crippen molar-refractivity contribution in [2.24, 2.45) is 0 Å². The zero-order valence-electron chi connectivity index (χ0n) is 18.7. The highest BCUT2D eigenvalue weighted by atomic mass is 32.2. The third kappa shape index (κ3) is 6.98. The molecule has 0 saturated carbocycles. The summed E-state index contributed by atoms with van der Waals surface area (Å²) in [5.41, 5.74) is 2.46. The molecule has 9 heteroatoms. The van der Waals surface area contributed by atoms with E-state index in [0.717, 1.165) is 5.56 Å². The molecule has 0 aliphatic carbocycles. The van der Waals surface area contributed by atoms with Crippen molar-refractivity contribution in [2.45, 2.75) is 24.7 Å². The van der Waals surface area contributed by atoms with Gasteiger partial charge in [-0.05, 0) is 47.4 Å². The van der Waals surface area contributed by atoms with Crippen molar-refractivity contribution in [1.29, 1.82) is 0 Å². The van der Waals surface area contributed by atoms with Crippen molar-refractivity contribution in [3.8, 4) is 0 Å². The molecule has 0 radical (unpaired) electrons. The van der Waals surface area contributed by atoms with Crippen molar-refractivity contribution in [2.75, 3.05) is 38.2 Å². The van der Waals surface area contributed by atoms with Crippen LogP contribution in [0.25, 0.3) is 6.08 Å². The Morgan fingerprint density at radius 3 is 2.30 bits per heavy atom. The zero-order chi connectivity index (χ0) is 23.8. The van der Waals surface area contributed by atoms with Gasteiger partial charge in [-0.1, -0.05) is 38.1 Å². The molecule has 0 unspecified atom stereocenters. The van der Waals surface area contributed by atoms with Gasteiger partial charge >= 0.3 is 5.97 Å². The van der Waals surface area contributed by atoms with Gasteiger partial charge in [0.1, 0.15) is 0 Å². The number of carbonyl (C=O) groups excluding carboxylic acids is 2. The molecule has 0 bridgehead atoms. The van der Waals surface area contributed by atoms with E-state index in [9.17, 15) is 18.0 Å². The minimum atomic E-state index is -3.60. The molecule has 1 aliphatic rings. The molecule has 1 fully saturated rings. The summed E-state index contributed by atoms with van der Waals surface area (Å²) in [4.78, 5) is 24.1. The smallest absolute Gasteiger partial charge is 0.331 e. The van der Waals surface area contributed by atoms with Gasteiger partial charge in [-0.25, -0.2) is 13.2 Å². The molecule has 33 heavy (non-hydrogen) atoms. The Morgan fingerprint density at radius 2 is 1.70 bits per heavy atom. The van der Waals surface area contributed by atoms with Gasteiger partial charge in [0.05, 0.1) is 18.1 Å². The Hall–Kier alpha value is -3.01. The molecule has 1 aliphatic heterocycles. The number of amides is 1. The van der Waals surface area contributed by atoms with Crippen molar-refractivity contribution in [1.82, 2.24) is 4.31 Å². The summed E-state index contributed by atoms with van der Waals surface area (Å²) in [6.07, 6.45) is 2.89. The van der Waals surface area contributed by atoms with Gasteiger partial charge in [0.25, 0.3) is 5.91 Å². The summed E-state index contributed by atoms with van der Waals surface area (Å²) in [6, 6.07) is 13.7. The van der Waals surface area contributed by atoms with Gasteiger partial charge < -0.3 is 14.8 Å². The molecule has 1 heterocycles. The Kier molecular flexibility index (Phi) is 8.37. The molecule has 0 spiro atoms. The molecule has 0 atom stereocenters. The van der Waals surface area contributed by atoms with Gasteiger partial charge in [0, 0.05) is 24.9 Å². The van der Waals surface area contributed by atoms with Gasteiger partial charge in [0.15, 0.2) is 6.61 Å². The SMILES string of the molecule is CC(C)c1ccc(/C=C/C(=O)OCC(=O)Nc2ccc(S(=O)(=O)N3CCOCC3)cc2)cc1. The standard InChI is InChI=1S/C24H28N2O6S/c1-18(2)20-6-3-19(4-7-20)5-12-24(28)32-17-23(27)25-21-8-10-22(11-9-21)33(29,30)26-13-15-31-16-14-26/h3-12,18H,13-17H2,1-2H3,(H,25,27)/b12-5+. The highest BCUT2D eigenvalue weighted by Gasteiger charge is 2.26. The number of benzene rings is 2. The fraction of sp³-hybridized carbons (Fsp3) is 0.333. The number of sulfonamides is 1. The maximum Gasteiger partial charge on any atom is 0.331 e. The maximum atomic E-state index is 12.6. The lowest BCUT2D eigenvalue weighted by atomic mass is 10.0. The molecular weight excluding hydrogens is 444 g/mol. The Balaban J connectivity index is 1.47. The average molecular weight is 473 g/mol. The number of morpholine rings is 1. The quantitative estimate of drug-likeness (QED) is 0.468. The topological polar surface area (TPSA) is 102 Å². The number of ether oxygens (including phenoxy) is 2. The van der Waals surface area contributed by atoms with E-state index >= 15 is 0 Å². The first-order valence-corrected chi connectivity index (χ1v) is 12.1. The molecule has 0 aromatic heterocycles. The van der Waals surface area contributed by atoms with E-state index in [1.54, 1.807) is 6.08 Å². The Morgan fingerprint density at radius 1 is 1.06 bits per heavy atom. The van der Waals surface area contributed by atoms with E-state index < -0.39 is 28.5 Å². The maximum absolute atomic E-state index is 12.6. The van der Waals surface area contributed by atoms with Crippen LogP contribution in [0, 0.1) is 0 Å². The lowest BCUT2D eigenvalue weighted by Gasteiger charge is -2.26. The van der Waals surface area contributed by atoms with Gasteiger partial charge in [-0.15, -0.1) is 0 Å². The lowest BCUT2D eigenvalue weighted by molar-refractivity contribution is -0.142. The fourth-order valence-electron chi connectivity index (χ4n) is 3.18. The van der Waals surface area contributed by atoms with Gasteiger partial charge in [0.2, 0.25) is 10.0 Å². The van der Waals surface area contributed by atoms with E-state index in [2.05, 4.69) is 19.2 Å². The molecular formula is C24H28N2O6S. The van der Waals surface area contributed by atoms with Gasteiger partial charge in [-0.3, -0.25) is 4.79 Å². The number of nitrogens with one attached hydrogen (secondary N) is 1. The van der Waals surface area contributed by atoms with Crippen LogP contribution >= 0.6 is 0 Å². The summed E-state index contributed by atoms with van der Waals surface area (Å²) >= 11 is 0. The third-order valence-electron chi connectivity index (χ3n) is 5.11. The van der Waals surface area contributed by atoms with Crippen LogP contribution in [-0.4, -0.2) is 57.5 Å². The molecule has 1 amide bonds. The summed E-state index contributed by atoms with van der Waals surface area (Å²) in [5, 5.41) is 2.58. The van der Waals surface area contributed by atoms with Crippen LogP contribution in [-0.2, 0) is 29.1 Å². The molecule has 2 aromatic rings. The highest BCUT2D eigenvalue weighted by molar-refractivity contribution is 7.89. The predicted octanol–water partition coefficient (Wildman–Crippen LogP) is 3.03. The van der Waals surface area contributed by atoms with Crippen molar-refractivity contribution < 1.29 is 27.5 Å². The monoisotopic (exact) mass is 472 g/mol. The summed E-state index contributed by atoms with van der Waals surface area (Å²) < 4.78 is 36.8. The number of hydrogen-bond donors (Lipinski definition) is 1. The Bertz CT molecular complexity index is 1090. The highest BCUT2D eigenvalue weighted by Crippen LogP contribution is 2.19. The first kappa shape index (κ1) is 24.6. The zero-order valence-corrected chi connectivity index (χ0v) is 19.5. The van der Waals surface area contributed by atoms with Crippen LogP contribution in [0.1, 0.15) is 30.9 Å². The summed E-state index contributed by atoms with van der Waals surface area (Å²) in [6.45, 7) is 5.11. The van der Waals surface area contributed by atoms with Crippen LogP contribution in [0.4, 0.5) is 5.69 Å². The van der Waals surface area contributed by atoms with Gasteiger partial charge in [-0.2, -0.15) is 4.31 Å². The largest absolute Gasteiger partial charge is 0.452 e. The van der Waals surface area contributed by atoms with Crippen LogP contribution in [0.2, 0.25) is 0 Å². The number of carbonyl (C=O) groups is 2. The first-order valence-electron chi connectivity index (χ1n) is 10.7. The van der Waals surface area contributed by atoms with E-state index in [1.807, 2.05) is 24.3 Å². The van der Waals surface area contributed by atoms with Crippen LogP contribution in [0.3, 0.4) is 0 Å². The predicted molar refractivity (Wildman–Crippen MR) is 125 cm³/mol. The fourth-order valence-corrected chi connectivity index (χ4v) is 4.59. The normalized spacial score (nSPS) is 15.0. The van der Waals surface area contributed by atoms with E-state index in [0.29, 0.717) is 37.9 Å². The van der Waals surface area contributed by atoms with E-state index in [-0.39, 0.29) is 4.90 Å². The first-order chi connectivity index (χ1) is 15.8. The summed E-state index contributed by atoms with van der Waals surface area (Å²) in [7, 11) is -3.60. The lowest BCUT2D eigenvalue weighted by Crippen LogP contribution is -2.40. The van der Waals surface area contributed by atoms with E-state index in [1.165, 1.54) is 40.2 Å². The molecule has 176 valence electrons. The number of esters is 1. The molecule has 1 saturated heterocycles. The van der Waals surface area contributed by atoms with Crippen molar-refractivity contribution in [3.05, 3.63) is 65.7 Å². The van der Waals surface area contributed by atoms with Crippen LogP contribution < -0.4 is 5.32 Å².